The Morgan fingerprint density at radius 1 is 1.28 bits per heavy atom. The monoisotopic (exact) mass is 261 g/mol. The third-order valence-corrected chi connectivity index (χ3v) is 2.10. The second-order valence-corrected chi connectivity index (χ2v) is 3.62. The van der Waals surface area contributed by atoms with Gasteiger partial charge in [-0.1, -0.05) is 6.92 Å². The average molecular weight is 261 g/mol. The Bertz CT molecular complexity index is 426. The van der Waals surface area contributed by atoms with Crippen molar-refractivity contribution >= 4 is 11.7 Å². The van der Waals surface area contributed by atoms with Gasteiger partial charge >= 0.3 is 0 Å². The largest absolute Gasteiger partial charge is 0.367 e. The van der Waals surface area contributed by atoms with Gasteiger partial charge in [0.2, 0.25) is 5.91 Å². The van der Waals surface area contributed by atoms with Gasteiger partial charge in [0, 0.05) is 25.6 Å². The number of carbonyl (C=O) groups is 1. The quantitative estimate of drug-likeness (QED) is 0.768. The van der Waals surface area contributed by atoms with Crippen LogP contribution in [0.3, 0.4) is 0 Å². The minimum absolute atomic E-state index is 0.0878. The highest BCUT2D eigenvalue weighted by atomic mass is 19.2. The molecule has 0 aromatic carbocycles. The van der Waals surface area contributed by atoms with Crippen molar-refractivity contribution in [3.63, 3.8) is 0 Å². The normalized spacial score (nSPS) is 10.2. The van der Waals surface area contributed by atoms with E-state index in [0.717, 1.165) is 6.42 Å². The van der Waals surface area contributed by atoms with Crippen LogP contribution in [0.1, 0.15) is 19.8 Å². The molecule has 0 unspecified atom stereocenters. The van der Waals surface area contributed by atoms with Gasteiger partial charge in [0.25, 0.3) is 5.95 Å². The van der Waals surface area contributed by atoms with Crippen molar-refractivity contribution in [2.75, 3.05) is 18.4 Å². The summed E-state index contributed by atoms with van der Waals surface area (Å²) in [4.78, 5) is 14.3. The third kappa shape index (κ3) is 4.23. The molecule has 0 aliphatic carbocycles. The number of halogens is 3. The highest BCUT2D eigenvalue weighted by Gasteiger charge is 2.11. The van der Waals surface area contributed by atoms with Crippen LogP contribution < -0.4 is 10.6 Å². The molecule has 0 saturated carbocycles. The first-order valence-electron chi connectivity index (χ1n) is 5.56. The number of amides is 1. The first kappa shape index (κ1) is 14.3. The molecule has 0 aliphatic heterocycles. The fourth-order valence-electron chi connectivity index (χ4n) is 1.22. The van der Waals surface area contributed by atoms with Crippen LogP contribution in [0, 0.1) is 17.6 Å². The second kappa shape index (κ2) is 6.83. The summed E-state index contributed by atoms with van der Waals surface area (Å²) in [6.45, 7) is 2.57. The Morgan fingerprint density at radius 2 is 2.00 bits per heavy atom. The van der Waals surface area contributed by atoms with E-state index in [4.69, 9.17) is 0 Å². The maximum Gasteiger partial charge on any atom is 0.251 e. The van der Waals surface area contributed by atoms with Gasteiger partial charge in [-0.2, -0.15) is 9.37 Å². The van der Waals surface area contributed by atoms with E-state index < -0.39 is 23.4 Å². The van der Waals surface area contributed by atoms with E-state index in [1.165, 1.54) is 0 Å². The minimum Gasteiger partial charge on any atom is -0.367 e. The lowest BCUT2D eigenvalue weighted by molar-refractivity contribution is -0.120. The molecule has 100 valence electrons. The summed E-state index contributed by atoms with van der Waals surface area (Å²) in [6.07, 6.45) is 0.915. The first-order chi connectivity index (χ1) is 8.54. The molecule has 1 aromatic rings. The van der Waals surface area contributed by atoms with Gasteiger partial charge in [-0.05, 0) is 6.42 Å². The summed E-state index contributed by atoms with van der Waals surface area (Å²) < 4.78 is 38.4. The molecular formula is C11H14F3N3O. The van der Waals surface area contributed by atoms with E-state index in [1.807, 2.05) is 6.92 Å². The summed E-state index contributed by atoms with van der Waals surface area (Å²) in [5, 5.41) is 5.06. The number of hydrogen-bond acceptors (Lipinski definition) is 3. The number of anilines is 1. The Labute approximate surface area is 103 Å². The van der Waals surface area contributed by atoms with Crippen molar-refractivity contribution < 1.29 is 18.0 Å². The number of rotatable bonds is 6. The van der Waals surface area contributed by atoms with Gasteiger partial charge < -0.3 is 10.6 Å². The maximum atomic E-state index is 13.1. The number of hydrogen-bond donors (Lipinski definition) is 2. The smallest absolute Gasteiger partial charge is 0.251 e. The van der Waals surface area contributed by atoms with Crippen LogP contribution >= 0.6 is 0 Å². The van der Waals surface area contributed by atoms with Gasteiger partial charge in [0.05, 0.1) is 0 Å². The van der Waals surface area contributed by atoms with Gasteiger partial charge in [0.15, 0.2) is 17.5 Å². The standard InChI is InChI=1S/C11H14F3N3O/c1-2-4-15-9(18)3-5-16-11-8(13)6-7(12)10(14)17-11/h6H,2-5H2,1H3,(H,15,18)(H,16,17). The lowest BCUT2D eigenvalue weighted by atomic mass is 10.3. The van der Waals surface area contributed by atoms with E-state index in [2.05, 4.69) is 15.6 Å². The van der Waals surface area contributed by atoms with E-state index in [0.29, 0.717) is 12.6 Å². The SMILES string of the molecule is CCCNC(=O)CCNc1nc(F)c(F)cc1F. The van der Waals surface area contributed by atoms with Gasteiger partial charge in [-0.15, -0.1) is 0 Å². The molecule has 1 rings (SSSR count). The summed E-state index contributed by atoms with van der Waals surface area (Å²) >= 11 is 0. The number of aromatic nitrogens is 1. The van der Waals surface area contributed by atoms with Gasteiger partial charge in [-0.25, -0.2) is 8.78 Å². The number of nitrogens with one attached hydrogen (secondary N) is 2. The Hall–Kier alpha value is -1.79. The number of carbonyl (C=O) groups excluding carboxylic acids is 1. The molecule has 18 heavy (non-hydrogen) atoms. The molecule has 1 amide bonds. The van der Waals surface area contributed by atoms with Crippen LogP contribution in [0.25, 0.3) is 0 Å². The summed E-state index contributed by atoms with van der Waals surface area (Å²) in [7, 11) is 0. The fraction of sp³-hybridized carbons (Fsp3) is 0.455. The Morgan fingerprint density at radius 3 is 2.67 bits per heavy atom. The lowest BCUT2D eigenvalue weighted by Crippen LogP contribution is -2.26. The number of nitrogens with zero attached hydrogens (tertiary/aromatic N) is 1. The molecule has 1 heterocycles. The van der Waals surface area contributed by atoms with E-state index >= 15 is 0 Å². The van der Waals surface area contributed by atoms with Crippen LogP contribution in [0.4, 0.5) is 19.0 Å². The summed E-state index contributed by atoms with van der Waals surface area (Å²) in [6, 6.07) is 0.405. The zero-order chi connectivity index (χ0) is 13.5. The van der Waals surface area contributed by atoms with Crippen LogP contribution in [-0.4, -0.2) is 24.0 Å². The van der Waals surface area contributed by atoms with Crippen molar-refractivity contribution in [3.8, 4) is 0 Å². The van der Waals surface area contributed by atoms with E-state index in [9.17, 15) is 18.0 Å². The molecule has 0 radical (unpaired) electrons. The fourth-order valence-corrected chi connectivity index (χ4v) is 1.22. The molecule has 0 fully saturated rings. The first-order valence-corrected chi connectivity index (χ1v) is 5.56. The van der Waals surface area contributed by atoms with Gasteiger partial charge in [0.1, 0.15) is 0 Å². The van der Waals surface area contributed by atoms with Gasteiger partial charge in [-0.3, -0.25) is 4.79 Å². The molecule has 0 spiro atoms. The summed E-state index contributed by atoms with van der Waals surface area (Å²) in [5.74, 6) is -4.33. The van der Waals surface area contributed by atoms with E-state index in [1.54, 1.807) is 0 Å². The number of pyridine rings is 1. The van der Waals surface area contributed by atoms with E-state index in [-0.39, 0.29) is 18.9 Å². The molecule has 4 nitrogen and oxygen atoms in total. The maximum absolute atomic E-state index is 13.1. The highest BCUT2D eigenvalue weighted by molar-refractivity contribution is 5.76. The van der Waals surface area contributed by atoms with Crippen molar-refractivity contribution in [1.82, 2.24) is 10.3 Å². The zero-order valence-electron chi connectivity index (χ0n) is 9.90. The van der Waals surface area contributed by atoms with Crippen molar-refractivity contribution in [1.29, 1.82) is 0 Å². The minimum atomic E-state index is -1.38. The Balaban J connectivity index is 2.44. The van der Waals surface area contributed by atoms with Crippen LogP contribution in [0.2, 0.25) is 0 Å². The second-order valence-electron chi connectivity index (χ2n) is 3.62. The molecule has 0 aliphatic rings. The van der Waals surface area contributed by atoms with Crippen molar-refractivity contribution in [2.45, 2.75) is 19.8 Å². The average Bonchev–Trinajstić information content (AvgIpc) is 2.33. The van der Waals surface area contributed by atoms with Crippen LogP contribution in [-0.2, 0) is 4.79 Å². The Kier molecular flexibility index (Phi) is 5.41. The van der Waals surface area contributed by atoms with Crippen LogP contribution in [0.15, 0.2) is 6.07 Å². The highest BCUT2D eigenvalue weighted by Crippen LogP contribution is 2.13. The lowest BCUT2D eigenvalue weighted by Gasteiger charge is -2.07. The molecule has 1 aromatic heterocycles. The van der Waals surface area contributed by atoms with Crippen molar-refractivity contribution in [2.24, 2.45) is 0 Å². The molecule has 7 heteroatoms. The van der Waals surface area contributed by atoms with Crippen LogP contribution in [0.5, 0.6) is 0 Å². The molecule has 0 bridgehead atoms. The predicted octanol–water partition coefficient (Wildman–Crippen LogP) is 1.83. The zero-order valence-corrected chi connectivity index (χ0v) is 9.90. The topological polar surface area (TPSA) is 54.0 Å². The predicted molar refractivity (Wildman–Crippen MR) is 60.5 cm³/mol. The third-order valence-electron chi connectivity index (χ3n) is 2.10. The summed E-state index contributed by atoms with van der Waals surface area (Å²) in [5.41, 5.74) is 0. The molecule has 0 atom stereocenters. The van der Waals surface area contributed by atoms with Crippen molar-refractivity contribution in [3.05, 3.63) is 23.6 Å². The molecule has 2 N–H and O–H groups in total. The molecular weight excluding hydrogens is 247 g/mol. The molecule has 0 saturated heterocycles.